The number of alkyl halides is 3. The SMILES string of the molecule is Cn1ccc2nc(Nc3ccc(C(=O)O)cc3)nc(-c3ccc(OC(F)(F)F)cc3)c21. The molecule has 0 spiro atoms. The number of hydrogen-bond donors (Lipinski definition) is 2. The lowest BCUT2D eigenvalue weighted by Gasteiger charge is -2.12. The van der Waals surface area contributed by atoms with Crippen LogP contribution in [0.15, 0.2) is 60.8 Å². The molecule has 0 atom stereocenters. The second-order valence-electron chi connectivity index (χ2n) is 6.64. The van der Waals surface area contributed by atoms with Crippen LogP contribution in [0.25, 0.3) is 22.3 Å². The van der Waals surface area contributed by atoms with Crippen molar-refractivity contribution < 1.29 is 27.8 Å². The first-order chi connectivity index (χ1) is 14.7. The standard InChI is InChI=1S/C21H15F3N4O3/c1-28-11-10-16-18(28)17(12-4-8-15(9-5-12)31-21(22,23)24)27-20(26-16)25-14-6-2-13(3-7-14)19(29)30/h2-11H,1H3,(H,29,30)(H,25,26,27). The Morgan fingerprint density at radius 3 is 2.32 bits per heavy atom. The molecule has 7 nitrogen and oxygen atoms in total. The summed E-state index contributed by atoms with van der Waals surface area (Å²) < 4.78 is 43.0. The van der Waals surface area contributed by atoms with Gasteiger partial charge in [-0.15, -0.1) is 13.2 Å². The van der Waals surface area contributed by atoms with Crippen molar-refractivity contribution in [1.82, 2.24) is 14.5 Å². The largest absolute Gasteiger partial charge is 0.573 e. The van der Waals surface area contributed by atoms with E-state index in [1.54, 1.807) is 24.4 Å². The number of rotatable bonds is 5. The summed E-state index contributed by atoms with van der Waals surface area (Å²) in [5.74, 6) is -1.11. The molecule has 2 aromatic heterocycles. The first kappa shape index (κ1) is 20.2. The number of benzene rings is 2. The van der Waals surface area contributed by atoms with E-state index in [-0.39, 0.29) is 17.3 Å². The van der Waals surface area contributed by atoms with Gasteiger partial charge in [-0.1, -0.05) is 0 Å². The quantitative estimate of drug-likeness (QED) is 0.466. The van der Waals surface area contributed by atoms with Crippen LogP contribution in [0.3, 0.4) is 0 Å². The monoisotopic (exact) mass is 428 g/mol. The normalized spacial score (nSPS) is 11.5. The molecular weight excluding hydrogens is 413 g/mol. The van der Waals surface area contributed by atoms with Gasteiger partial charge in [-0.05, 0) is 54.6 Å². The van der Waals surface area contributed by atoms with Crippen LogP contribution in [0, 0.1) is 0 Å². The number of carboxylic acid groups (broad SMARTS) is 1. The molecule has 0 bridgehead atoms. The third-order valence-corrected chi connectivity index (χ3v) is 4.47. The van der Waals surface area contributed by atoms with Crippen molar-refractivity contribution in [3.8, 4) is 17.0 Å². The molecular formula is C21H15F3N4O3. The molecule has 2 aromatic carbocycles. The smallest absolute Gasteiger partial charge is 0.478 e. The number of aromatic carboxylic acids is 1. The van der Waals surface area contributed by atoms with E-state index in [1.165, 1.54) is 36.4 Å². The highest BCUT2D eigenvalue weighted by Crippen LogP contribution is 2.31. The fourth-order valence-corrected chi connectivity index (χ4v) is 3.09. The third-order valence-electron chi connectivity index (χ3n) is 4.47. The fourth-order valence-electron chi connectivity index (χ4n) is 3.09. The number of aromatic nitrogens is 3. The Kier molecular flexibility index (Phi) is 4.97. The molecule has 2 heterocycles. The lowest BCUT2D eigenvalue weighted by Crippen LogP contribution is -2.16. The summed E-state index contributed by atoms with van der Waals surface area (Å²) in [7, 11) is 1.81. The molecule has 0 fully saturated rings. The van der Waals surface area contributed by atoms with Crippen molar-refractivity contribution in [3.63, 3.8) is 0 Å². The summed E-state index contributed by atoms with van der Waals surface area (Å²) >= 11 is 0. The van der Waals surface area contributed by atoms with Crippen molar-refractivity contribution >= 4 is 28.6 Å². The zero-order chi connectivity index (χ0) is 22.2. The van der Waals surface area contributed by atoms with Gasteiger partial charge in [0.2, 0.25) is 5.95 Å². The lowest BCUT2D eigenvalue weighted by molar-refractivity contribution is -0.274. The first-order valence-corrected chi connectivity index (χ1v) is 8.99. The van der Waals surface area contributed by atoms with Gasteiger partial charge < -0.3 is 19.7 Å². The van der Waals surface area contributed by atoms with E-state index >= 15 is 0 Å². The zero-order valence-electron chi connectivity index (χ0n) is 16.0. The van der Waals surface area contributed by atoms with E-state index < -0.39 is 12.3 Å². The van der Waals surface area contributed by atoms with Crippen molar-refractivity contribution in [2.24, 2.45) is 7.05 Å². The Morgan fingerprint density at radius 2 is 1.71 bits per heavy atom. The number of carboxylic acids is 1. The molecule has 0 saturated heterocycles. The molecule has 4 rings (SSSR count). The second kappa shape index (κ2) is 7.63. The molecule has 158 valence electrons. The fraction of sp³-hybridized carbons (Fsp3) is 0.0952. The molecule has 0 unspecified atom stereocenters. The number of fused-ring (bicyclic) bond motifs is 1. The van der Waals surface area contributed by atoms with Gasteiger partial charge >= 0.3 is 12.3 Å². The van der Waals surface area contributed by atoms with Crippen LogP contribution < -0.4 is 10.1 Å². The van der Waals surface area contributed by atoms with E-state index in [4.69, 9.17) is 5.11 Å². The van der Waals surface area contributed by atoms with Crippen LogP contribution in [-0.2, 0) is 7.05 Å². The Labute approximate surface area is 173 Å². The number of hydrogen-bond acceptors (Lipinski definition) is 5. The molecule has 0 aliphatic rings. The zero-order valence-corrected chi connectivity index (χ0v) is 16.0. The van der Waals surface area contributed by atoms with Crippen molar-refractivity contribution in [2.75, 3.05) is 5.32 Å². The summed E-state index contributed by atoms with van der Waals surface area (Å²) in [6, 6.07) is 13.3. The van der Waals surface area contributed by atoms with Crippen LogP contribution in [0.4, 0.5) is 24.8 Å². The number of nitrogens with one attached hydrogen (secondary N) is 1. The van der Waals surface area contributed by atoms with Gasteiger partial charge in [0.1, 0.15) is 11.4 Å². The molecule has 31 heavy (non-hydrogen) atoms. The number of aryl methyl sites for hydroxylation is 1. The van der Waals surface area contributed by atoms with E-state index in [9.17, 15) is 18.0 Å². The van der Waals surface area contributed by atoms with Gasteiger partial charge in [-0.25, -0.2) is 14.8 Å². The predicted molar refractivity (Wildman–Crippen MR) is 107 cm³/mol. The Balaban J connectivity index is 1.71. The number of ether oxygens (including phenoxy) is 1. The predicted octanol–water partition coefficient (Wildman–Crippen LogP) is 4.98. The van der Waals surface area contributed by atoms with Crippen molar-refractivity contribution in [1.29, 1.82) is 0 Å². The molecule has 2 N–H and O–H groups in total. The second-order valence-corrected chi connectivity index (χ2v) is 6.64. The van der Waals surface area contributed by atoms with Crippen LogP contribution in [0.5, 0.6) is 5.75 Å². The maximum Gasteiger partial charge on any atom is 0.573 e. The molecule has 0 amide bonds. The maximum atomic E-state index is 12.4. The number of nitrogens with zero attached hydrogens (tertiary/aromatic N) is 3. The summed E-state index contributed by atoms with van der Waals surface area (Å²) in [6.45, 7) is 0. The summed E-state index contributed by atoms with van der Waals surface area (Å²) in [5, 5.41) is 12.0. The Hall–Kier alpha value is -4.08. The first-order valence-electron chi connectivity index (χ1n) is 8.99. The summed E-state index contributed by atoms with van der Waals surface area (Å²) in [5.41, 5.74) is 3.16. The highest BCUT2D eigenvalue weighted by molar-refractivity contribution is 5.91. The third kappa shape index (κ3) is 4.42. The van der Waals surface area contributed by atoms with Crippen molar-refractivity contribution in [2.45, 2.75) is 6.36 Å². The van der Waals surface area contributed by atoms with Gasteiger partial charge in [-0.3, -0.25) is 0 Å². The molecule has 0 aliphatic carbocycles. The van der Waals surface area contributed by atoms with Crippen LogP contribution in [0.1, 0.15) is 10.4 Å². The topological polar surface area (TPSA) is 89.3 Å². The minimum atomic E-state index is -4.77. The maximum absolute atomic E-state index is 12.4. The van der Waals surface area contributed by atoms with E-state index in [2.05, 4.69) is 20.0 Å². The molecule has 0 saturated carbocycles. The summed E-state index contributed by atoms with van der Waals surface area (Å²) in [6.07, 6.45) is -2.97. The molecule has 4 aromatic rings. The van der Waals surface area contributed by atoms with Gasteiger partial charge in [-0.2, -0.15) is 0 Å². The van der Waals surface area contributed by atoms with Gasteiger partial charge in [0, 0.05) is 24.5 Å². The van der Waals surface area contributed by atoms with Gasteiger partial charge in [0.25, 0.3) is 0 Å². The molecule has 0 aliphatic heterocycles. The van der Waals surface area contributed by atoms with E-state index in [0.29, 0.717) is 28.0 Å². The highest BCUT2D eigenvalue weighted by Gasteiger charge is 2.31. The Morgan fingerprint density at radius 1 is 1.03 bits per heavy atom. The average molecular weight is 428 g/mol. The van der Waals surface area contributed by atoms with E-state index in [1.807, 2.05) is 11.6 Å². The molecule has 10 heteroatoms. The number of carbonyl (C=O) groups is 1. The van der Waals surface area contributed by atoms with E-state index in [0.717, 1.165) is 0 Å². The van der Waals surface area contributed by atoms with Crippen LogP contribution in [0.2, 0.25) is 0 Å². The van der Waals surface area contributed by atoms with Crippen molar-refractivity contribution in [3.05, 3.63) is 66.4 Å². The lowest BCUT2D eigenvalue weighted by atomic mass is 10.1. The van der Waals surface area contributed by atoms with Crippen LogP contribution in [-0.4, -0.2) is 32.0 Å². The Bertz CT molecular complexity index is 1250. The molecule has 0 radical (unpaired) electrons. The van der Waals surface area contributed by atoms with Gasteiger partial charge in [0.15, 0.2) is 0 Å². The minimum absolute atomic E-state index is 0.145. The highest BCUT2D eigenvalue weighted by atomic mass is 19.4. The van der Waals surface area contributed by atoms with Crippen LogP contribution >= 0.6 is 0 Å². The minimum Gasteiger partial charge on any atom is -0.478 e. The van der Waals surface area contributed by atoms with Gasteiger partial charge in [0.05, 0.1) is 16.6 Å². The number of halogens is 3. The number of anilines is 2. The summed E-state index contributed by atoms with van der Waals surface area (Å²) in [4.78, 5) is 20.0. The average Bonchev–Trinajstić information content (AvgIpc) is 3.08.